The maximum atomic E-state index is 12.4. The Morgan fingerprint density at radius 3 is 2.84 bits per heavy atom. The summed E-state index contributed by atoms with van der Waals surface area (Å²) in [6.45, 7) is 3.88. The van der Waals surface area contributed by atoms with E-state index >= 15 is 0 Å². The number of nitrogens with zero attached hydrogens (tertiary/aromatic N) is 3. The van der Waals surface area contributed by atoms with Crippen molar-refractivity contribution in [3.63, 3.8) is 0 Å². The van der Waals surface area contributed by atoms with Gasteiger partial charge in [-0.1, -0.05) is 18.7 Å². The topological polar surface area (TPSA) is 66.2 Å². The predicted molar refractivity (Wildman–Crippen MR) is 98.7 cm³/mol. The summed E-state index contributed by atoms with van der Waals surface area (Å²) in [6, 6.07) is 9.58. The quantitative estimate of drug-likeness (QED) is 0.786. The average molecular weight is 355 g/mol. The number of likely N-dealkylation sites (tertiary alicyclic amines) is 1. The van der Waals surface area contributed by atoms with Crippen molar-refractivity contribution in [2.75, 3.05) is 26.0 Å². The molecule has 25 heavy (non-hydrogen) atoms. The molecule has 0 spiro atoms. The van der Waals surface area contributed by atoms with Crippen molar-refractivity contribution in [1.29, 1.82) is 5.26 Å². The zero-order chi connectivity index (χ0) is 17.8. The number of methoxy groups -OCH3 is 1. The highest BCUT2D eigenvalue weighted by Crippen LogP contribution is 2.27. The standard InChI is InChI=1S/C19H21N3O2S/c1-13-5-7-22(8-6-13)18(23)12-25-19-15(11-20)9-14-3-4-16(24-2)10-17(14)21-19/h3-4,9-10,13H,5-8,12H2,1-2H3. The molecular weight excluding hydrogens is 334 g/mol. The molecule has 1 saturated heterocycles. The number of fused-ring (bicyclic) bond motifs is 1. The van der Waals surface area contributed by atoms with E-state index in [4.69, 9.17) is 4.74 Å². The van der Waals surface area contributed by atoms with Crippen LogP contribution in [0.4, 0.5) is 0 Å². The number of hydrogen-bond donors (Lipinski definition) is 0. The average Bonchev–Trinajstić information content (AvgIpc) is 2.65. The number of benzene rings is 1. The fourth-order valence-electron chi connectivity index (χ4n) is 2.93. The van der Waals surface area contributed by atoms with Crippen LogP contribution in [0.5, 0.6) is 5.75 Å². The van der Waals surface area contributed by atoms with Crippen LogP contribution in [-0.4, -0.2) is 41.7 Å². The normalized spacial score (nSPS) is 15.2. The number of rotatable bonds is 4. The minimum atomic E-state index is 0.119. The summed E-state index contributed by atoms with van der Waals surface area (Å²) in [5.41, 5.74) is 1.27. The molecule has 130 valence electrons. The van der Waals surface area contributed by atoms with Crippen molar-refractivity contribution < 1.29 is 9.53 Å². The van der Waals surface area contributed by atoms with Crippen LogP contribution in [0.2, 0.25) is 0 Å². The van der Waals surface area contributed by atoms with E-state index < -0.39 is 0 Å². The molecule has 1 aromatic carbocycles. The van der Waals surface area contributed by atoms with Gasteiger partial charge in [0.05, 0.1) is 23.9 Å². The Kier molecular flexibility index (Phi) is 5.44. The molecular formula is C19H21N3O2S. The second-order valence-electron chi connectivity index (χ2n) is 6.36. The van der Waals surface area contributed by atoms with Crippen molar-refractivity contribution in [2.45, 2.75) is 24.8 Å². The summed E-state index contributed by atoms with van der Waals surface area (Å²) in [5.74, 6) is 1.84. The van der Waals surface area contributed by atoms with E-state index in [0.717, 1.165) is 42.6 Å². The van der Waals surface area contributed by atoms with Gasteiger partial charge in [0.1, 0.15) is 16.8 Å². The van der Waals surface area contributed by atoms with Gasteiger partial charge in [0, 0.05) is 24.5 Å². The first-order valence-electron chi connectivity index (χ1n) is 8.40. The third kappa shape index (κ3) is 4.05. The van der Waals surface area contributed by atoms with Gasteiger partial charge in [-0.25, -0.2) is 4.98 Å². The van der Waals surface area contributed by atoms with Gasteiger partial charge in [-0.15, -0.1) is 0 Å². The summed E-state index contributed by atoms with van der Waals surface area (Å²) in [5, 5.41) is 10.9. The molecule has 1 aromatic heterocycles. The lowest BCUT2D eigenvalue weighted by Gasteiger charge is -2.30. The lowest BCUT2D eigenvalue weighted by atomic mass is 9.99. The van der Waals surface area contributed by atoms with Crippen LogP contribution in [0.15, 0.2) is 29.3 Å². The molecule has 1 fully saturated rings. The smallest absolute Gasteiger partial charge is 0.232 e. The Labute approximate surface area is 152 Å². The van der Waals surface area contributed by atoms with Gasteiger partial charge < -0.3 is 9.64 Å². The van der Waals surface area contributed by atoms with E-state index in [1.165, 1.54) is 11.8 Å². The highest BCUT2D eigenvalue weighted by Gasteiger charge is 2.21. The van der Waals surface area contributed by atoms with Crippen molar-refractivity contribution in [2.24, 2.45) is 5.92 Å². The highest BCUT2D eigenvalue weighted by atomic mass is 32.2. The first kappa shape index (κ1) is 17.6. The van der Waals surface area contributed by atoms with Crippen LogP contribution in [-0.2, 0) is 4.79 Å². The molecule has 2 aromatic rings. The number of aromatic nitrogens is 1. The van der Waals surface area contributed by atoms with E-state index in [0.29, 0.717) is 22.3 Å². The summed E-state index contributed by atoms with van der Waals surface area (Å²) in [6.07, 6.45) is 2.13. The lowest BCUT2D eigenvalue weighted by molar-refractivity contribution is -0.129. The monoisotopic (exact) mass is 355 g/mol. The number of nitriles is 1. The van der Waals surface area contributed by atoms with E-state index in [2.05, 4.69) is 18.0 Å². The molecule has 1 aliphatic heterocycles. The third-order valence-corrected chi connectivity index (χ3v) is 5.55. The van der Waals surface area contributed by atoms with Crippen molar-refractivity contribution >= 4 is 28.6 Å². The van der Waals surface area contributed by atoms with Gasteiger partial charge in [-0.05, 0) is 37.0 Å². The third-order valence-electron chi connectivity index (χ3n) is 4.58. The number of hydrogen-bond acceptors (Lipinski definition) is 5. The van der Waals surface area contributed by atoms with E-state index in [9.17, 15) is 10.1 Å². The fourth-order valence-corrected chi connectivity index (χ4v) is 3.79. The molecule has 2 heterocycles. The molecule has 6 heteroatoms. The Morgan fingerprint density at radius 1 is 1.40 bits per heavy atom. The van der Waals surface area contributed by atoms with E-state index in [1.54, 1.807) is 7.11 Å². The summed E-state index contributed by atoms with van der Waals surface area (Å²) in [7, 11) is 1.61. The summed E-state index contributed by atoms with van der Waals surface area (Å²) < 4.78 is 5.23. The van der Waals surface area contributed by atoms with Crippen LogP contribution < -0.4 is 4.74 Å². The van der Waals surface area contributed by atoms with Crippen LogP contribution in [0.1, 0.15) is 25.3 Å². The summed E-state index contributed by atoms with van der Waals surface area (Å²) in [4.78, 5) is 18.9. The minimum Gasteiger partial charge on any atom is -0.497 e. The predicted octanol–water partition coefficient (Wildman–Crippen LogP) is 3.47. The fraction of sp³-hybridized carbons (Fsp3) is 0.421. The van der Waals surface area contributed by atoms with Gasteiger partial charge in [0.2, 0.25) is 5.91 Å². The van der Waals surface area contributed by atoms with Crippen molar-refractivity contribution in [3.05, 3.63) is 29.8 Å². The van der Waals surface area contributed by atoms with Gasteiger partial charge >= 0.3 is 0 Å². The number of carbonyl (C=O) groups is 1. The molecule has 0 radical (unpaired) electrons. The molecule has 1 amide bonds. The first-order valence-corrected chi connectivity index (χ1v) is 9.38. The second kappa shape index (κ2) is 7.75. The molecule has 0 unspecified atom stereocenters. The molecule has 0 aliphatic carbocycles. The van der Waals surface area contributed by atoms with Gasteiger partial charge in [0.15, 0.2) is 0 Å². The molecule has 0 bridgehead atoms. The summed E-state index contributed by atoms with van der Waals surface area (Å²) >= 11 is 1.34. The first-order chi connectivity index (χ1) is 12.1. The second-order valence-corrected chi connectivity index (χ2v) is 7.33. The van der Waals surface area contributed by atoms with E-state index in [-0.39, 0.29) is 5.91 Å². The zero-order valence-corrected chi connectivity index (χ0v) is 15.3. The Hall–Kier alpha value is -2.26. The lowest BCUT2D eigenvalue weighted by Crippen LogP contribution is -2.38. The van der Waals surface area contributed by atoms with Crippen molar-refractivity contribution in [1.82, 2.24) is 9.88 Å². The number of amides is 1. The largest absolute Gasteiger partial charge is 0.497 e. The maximum Gasteiger partial charge on any atom is 0.232 e. The molecule has 0 N–H and O–H groups in total. The number of thioether (sulfide) groups is 1. The van der Waals surface area contributed by atoms with Gasteiger partial charge in [-0.3, -0.25) is 4.79 Å². The number of carbonyl (C=O) groups excluding carboxylic acids is 1. The van der Waals surface area contributed by atoms with Crippen LogP contribution in [0.25, 0.3) is 10.9 Å². The minimum absolute atomic E-state index is 0.119. The molecule has 5 nitrogen and oxygen atoms in total. The van der Waals surface area contributed by atoms with Crippen molar-refractivity contribution in [3.8, 4) is 11.8 Å². The molecule has 0 atom stereocenters. The Balaban J connectivity index is 1.75. The molecule has 0 saturated carbocycles. The van der Waals surface area contributed by atoms with Crippen LogP contribution in [0, 0.1) is 17.2 Å². The van der Waals surface area contributed by atoms with Crippen LogP contribution in [0.3, 0.4) is 0 Å². The zero-order valence-electron chi connectivity index (χ0n) is 14.5. The number of pyridine rings is 1. The number of piperidine rings is 1. The van der Waals surface area contributed by atoms with Crippen LogP contribution >= 0.6 is 11.8 Å². The van der Waals surface area contributed by atoms with Gasteiger partial charge in [-0.2, -0.15) is 5.26 Å². The molecule has 1 aliphatic rings. The Bertz CT molecular complexity index is 823. The molecule has 3 rings (SSSR count). The highest BCUT2D eigenvalue weighted by molar-refractivity contribution is 8.00. The van der Waals surface area contributed by atoms with Gasteiger partial charge in [0.25, 0.3) is 0 Å². The Morgan fingerprint density at radius 2 is 2.16 bits per heavy atom. The SMILES string of the molecule is COc1ccc2cc(C#N)c(SCC(=O)N3CCC(C)CC3)nc2c1. The number of ether oxygens (including phenoxy) is 1. The van der Waals surface area contributed by atoms with E-state index in [1.807, 2.05) is 29.2 Å². The maximum absolute atomic E-state index is 12.4.